The molecule has 1 radical (unpaired) electrons. The number of nitrogens with zero attached hydrogens (tertiary/aromatic N) is 2. The maximum Gasteiger partial charge on any atom is 0.259 e. The van der Waals surface area contributed by atoms with Crippen molar-refractivity contribution in [3.63, 3.8) is 0 Å². The molecular formula is C16H35N2Si. The van der Waals surface area contributed by atoms with Crippen LogP contribution < -0.4 is 0 Å². The molecule has 0 saturated carbocycles. The summed E-state index contributed by atoms with van der Waals surface area (Å²) < 4.78 is 5.35. The van der Waals surface area contributed by atoms with E-state index in [-0.39, 0.29) is 0 Å². The smallest absolute Gasteiger partial charge is 0.259 e. The summed E-state index contributed by atoms with van der Waals surface area (Å²) in [6.45, 7) is 18.4. The fourth-order valence-corrected chi connectivity index (χ4v) is 5.25. The van der Waals surface area contributed by atoms with Crippen LogP contribution in [0.4, 0.5) is 0 Å². The molecule has 0 aromatic rings. The van der Waals surface area contributed by atoms with Crippen LogP contribution in [-0.4, -0.2) is 43.4 Å². The van der Waals surface area contributed by atoms with Crippen molar-refractivity contribution >= 4 is 9.12 Å². The average molecular weight is 284 g/mol. The van der Waals surface area contributed by atoms with Gasteiger partial charge in [0.2, 0.25) is 0 Å². The average Bonchev–Trinajstić information content (AvgIpc) is 2.34. The zero-order valence-electron chi connectivity index (χ0n) is 14.2. The van der Waals surface area contributed by atoms with Crippen LogP contribution in [0, 0.1) is 0 Å². The highest BCUT2D eigenvalue weighted by molar-refractivity contribution is 6.58. The van der Waals surface area contributed by atoms with Gasteiger partial charge in [0.25, 0.3) is 9.12 Å². The van der Waals surface area contributed by atoms with Gasteiger partial charge in [-0.15, -0.1) is 0 Å². The summed E-state index contributed by atoms with van der Waals surface area (Å²) in [4.78, 5) is 0. The molecule has 0 heterocycles. The predicted octanol–water partition coefficient (Wildman–Crippen LogP) is 4.22. The Hall–Kier alpha value is -0.123. The van der Waals surface area contributed by atoms with Gasteiger partial charge >= 0.3 is 0 Å². The first-order valence-electron chi connectivity index (χ1n) is 8.06. The second-order valence-corrected chi connectivity index (χ2v) is 7.86. The first kappa shape index (κ1) is 18.9. The highest BCUT2D eigenvalue weighted by Gasteiger charge is 2.27. The van der Waals surface area contributed by atoms with Crippen molar-refractivity contribution in [2.75, 3.05) is 13.1 Å². The van der Waals surface area contributed by atoms with E-state index in [1.807, 2.05) is 0 Å². The third-order valence-corrected chi connectivity index (χ3v) is 6.88. The van der Waals surface area contributed by atoms with E-state index in [1.165, 1.54) is 19.3 Å². The largest absolute Gasteiger partial charge is 0.306 e. The summed E-state index contributed by atoms with van der Waals surface area (Å²) in [6.07, 6.45) is 6.26. The maximum atomic E-state index is 2.68. The molecular weight excluding hydrogens is 248 g/mol. The standard InChI is InChI=1S/C16H35N2Si/c1-8-11-12-13-14-19(17(9-2)15(4)5)18(10-3)16(6)7/h13-16H,8-12H2,1-7H3. The molecule has 0 aliphatic carbocycles. The van der Waals surface area contributed by atoms with Gasteiger partial charge in [-0.05, 0) is 31.6 Å². The zero-order chi connectivity index (χ0) is 14.8. The van der Waals surface area contributed by atoms with Crippen LogP contribution in [0.15, 0.2) is 11.8 Å². The number of hydrogen-bond acceptors (Lipinski definition) is 2. The van der Waals surface area contributed by atoms with Crippen LogP contribution in [0.2, 0.25) is 0 Å². The number of rotatable bonds is 10. The van der Waals surface area contributed by atoms with Crippen LogP contribution in [0.1, 0.15) is 67.7 Å². The van der Waals surface area contributed by atoms with Gasteiger partial charge in [0.15, 0.2) is 0 Å². The zero-order valence-corrected chi connectivity index (χ0v) is 15.2. The molecule has 0 aliphatic heterocycles. The summed E-state index contributed by atoms with van der Waals surface area (Å²) in [5.74, 6) is 0. The molecule has 0 bridgehead atoms. The molecule has 0 saturated heterocycles. The van der Waals surface area contributed by atoms with Gasteiger partial charge in [-0.1, -0.05) is 73.1 Å². The lowest BCUT2D eigenvalue weighted by Gasteiger charge is -2.39. The first-order chi connectivity index (χ1) is 8.99. The number of allylic oxidation sites excluding steroid dienone is 1. The van der Waals surface area contributed by atoms with Gasteiger partial charge in [0.1, 0.15) is 0 Å². The molecule has 3 heteroatoms. The summed E-state index contributed by atoms with van der Waals surface area (Å²) in [5, 5.41) is 0. The van der Waals surface area contributed by atoms with E-state index < -0.39 is 9.12 Å². The first-order valence-corrected chi connectivity index (χ1v) is 9.53. The molecule has 0 N–H and O–H groups in total. The normalized spacial score (nSPS) is 13.1. The molecule has 19 heavy (non-hydrogen) atoms. The molecule has 0 aliphatic rings. The van der Waals surface area contributed by atoms with Gasteiger partial charge in [0.05, 0.1) is 0 Å². The lowest BCUT2D eigenvalue weighted by atomic mass is 10.2. The molecule has 0 spiro atoms. The Kier molecular flexibility index (Phi) is 10.6. The third-order valence-electron chi connectivity index (χ3n) is 3.51. The minimum absolute atomic E-state index is 0.627. The van der Waals surface area contributed by atoms with Crippen LogP contribution in [-0.2, 0) is 0 Å². The summed E-state index contributed by atoms with van der Waals surface area (Å²) in [7, 11) is -0.717. The number of hydrogen-bond donors (Lipinski definition) is 0. The summed E-state index contributed by atoms with van der Waals surface area (Å²) in [6, 6.07) is 1.25. The topological polar surface area (TPSA) is 6.48 Å². The van der Waals surface area contributed by atoms with Gasteiger partial charge in [-0.3, -0.25) is 0 Å². The van der Waals surface area contributed by atoms with Crippen molar-refractivity contribution in [1.82, 2.24) is 9.13 Å². The van der Waals surface area contributed by atoms with Crippen molar-refractivity contribution in [2.45, 2.75) is 79.8 Å². The predicted molar refractivity (Wildman–Crippen MR) is 89.5 cm³/mol. The van der Waals surface area contributed by atoms with Crippen molar-refractivity contribution in [1.29, 1.82) is 0 Å². The lowest BCUT2D eigenvalue weighted by Crippen LogP contribution is -2.56. The Bertz CT molecular complexity index is 223. The van der Waals surface area contributed by atoms with E-state index in [0.29, 0.717) is 12.1 Å². The monoisotopic (exact) mass is 283 g/mol. The minimum atomic E-state index is -0.717. The second-order valence-electron chi connectivity index (χ2n) is 5.66. The Morgan fingerprint density at radius 1 is 0.895 bits per heavy atom. The molecule has 0 amide bonds. The fraction of sp³-hybridized carbons (Fsp3) is 0.875. The molecule has 0 fully saturated rings. The molecule has 0 aromatic carbocycles. The SMILES string of the molecule is CCCCC=C[Si](N(CC)C(C)C)N(CC)C(C)C. The van der Waals surface area contributed by atoms with E-state index in [1.54, 1.807) is 0 Å². The molecule has 0 unspecified atom stereocenters. The Labute approximate surface area is 123 Å². The van der Waals surface area contributed by atoms with E-state index >= 15 is 0 Å². The van der Waals surface area contributed by atoms with Crippen LogP contribution in [0.25, 0.3) is 0 Å². The molecule has 0 atom stereocenters. The van der Waals surface area contributed by atoms with Crippen molar-refractivity contribution in [2.24, 2.45) is 0 Å². The van der Waals surface area contributed by atoms with Crippen molar-refractivity contribution in [3.05, 3.63) is 11.8 Å². The van der Waals surface area contributed by atoms with Crippen LogP contribution in [0.3, 0.4) is 0 Å². The Balaban J connectivity index is 4.94. The lowest BCUT2D eigenvalue weighted by molar-refractivity contribution is 0.297. The number of unbranched alkanes of at least 4 members (excludes halogenated alkanes) is 2. The van der Waals surface area contributed by atoms with E-state index in [0.717, 1.165) is 13.1 Å². The molecule has 0 rings (SSSR count). The highest BCUT2D eigenvalue weighted by atomic mass is 28.3. The maximum absolute atomic E-state index is 2.68. The van der Waals surface area contributed by atoms with Crippen LogP contribution in [0.5, 0.6) is 0 Å². The van der Waals surface area contributed by atoms with Gasteiger partial charge in [0, 0.05) is 0 Å². The van der Waals surface area contributed by atoms with E-state index in [4.69, 9.17) is 0 Å². The van der Waals surface area contributed by atoms with Crippen molar-refractivity contribution < 1.29 is 0 Å². The van der Waals surface area contributed by atoms with Gasteiger partial charge in [-0.2, -0.15) is 0 Å². The highest BCUT2D eigenvalue weighted by Crippen LogP contribution is 2.12. The van der Waals surface area contributed by atoms with Crippen molar-refractivity contribution in [3.8, 4) is 0 Å². The molecule has 113 valence electrons. The van der Waals surface area contributed by atoms with Crippen LogP contribution >= 0.6 is 0 Å². The van der Waals surface area contributed by atoms with E-state index in [9.17, 15) is 0 Å². The van der Waals surface area contributed by atoms with Gasteiger partial charge < -0.3 is 9.13 Å². The second kappa shape index (κ2) is 10.6. The molecule has 0 aromatic heterocycles. The quantitative estimate of drug-likeness (QED) is 0.437. The molecule has 2 nitrogen and oxygen atoms in total. The summed E-state index contributed by atoms with van der Waals surface area (Å²) >= 11 is 0. The minimum Gasteiger partial charge on any atom is -0.306 e. The Morgan fingerprint density at radius 2 is 1.37 bits per heavy atom. The fourth-order valence-electron chi connectivity index (χ4n) is 2.45. The Morgan fingerprint density at radius 3 is 1.68 bits per heavy atom. The van der Waals surface area contributed by atoms with Gasteiger partial charge in [-0.25, -0.2) is 0 Å². The summed E-state index contributed by atoms with van der Waals surface area (Å²) in [5.41, 5.74) is 2.52. The third kappa shape index (κ3) is 6.73. The van der Waals surface area contributed by atoms with E-state index in [2.05, 4.69) is 69.4 Å².